The topological polar surface area (TPSA) is 52.6 Å². The summed E-state index contributed by atoms with van der Waals surface area (Å²) in [6, 6.07) is 0. The van der Waals surface area contributed by atoms with Crippen LogP contribution in [0.3, 0.4) is 0 Å². The molecular weight excluding hydrogens is 229 g/mol. The Labute approximate surface area is 89.3 Å². The van der Waals surface area contributed by atoms with Gasteiger partial charge in [-0.3, -0.25) is 0 Å². The van der Waals surface area contributed by atoms with E-state index in [1.165, 1.54) is 6.92 Å². The molecule has 0 saturated heterocycles. The summed E-state index contributed by atoms with van der Waals surface area (Å²) in [5, 5.41) is 0. The van der Waals surface area contributed by atoms with Crippen LogP contribution < -0.4 is 0 Å². The number of rotatable bonds is 4. The second-order valence-electron chi connectivity index (χ2n) is 2.73. The summed E-state index contributed by atoms with van der Waals surface area (Å²) < 4.78 is 43.9. The van der Waals surface area contributed by atoms with E-state index in [9.17, 15) is 22.8 Å². The lowest BCUT2D eigenvalue weighted by Crippen LogP contribution is -2.22. The van der Waals surface area contributed by atoms with E-state index in [1.54, 1.807) is 0 Å². The first-order valence-corrected chi connectivity index (χ1v) is 4.04. The Bertz CT molecular complexity index is 345. The lowest BCUT2D eigenvalue weighted by molar-refractivity contribution is -0.180. The van der Waals surface area contributed by atoms with Crippen molar-refractivity contribution in [3.05, 3.63) is 24.1 Å². The minimum atomic E-state index is -2.80. The number of esters is 2. The van der Waals surface area contributed by atoms with Gasteiger partial charge in [-0.15, -0.1) is 0 Å². The molecule has 0 spiro atoms. The highest BCUT2D eigenvalue weighted by molar-refractivity contribution is 5.88. The van der Waals surface area contributed by atoms with Crippen molar-refractivity contribution in [3.8, 4) is 0 Å². The van der Waals surface area contributed by atoms with Gasteiger partial charge in [-0.1, -0.05) is 6.58 Å². The largest absolute Gasteiger partial charge is 0.422 e. The average Bonchev–Trinajstić information content (AvgIpc) is 2.15. The smallest absolute Gasteiger partial charge is 0.375 e. The molecule has 0 amide bonds. The number of halogens is 3. The van der Waals surface area contributed by atoms with Crippen molar-refractivity contribution in [3.63, 3.8) is 0 Å². The Morgan fingerprint density at radius 2 is 1.56 bits per heavy atom. The molecule has 0 saturated carbocycles. The third-order valence-corrected chi connectivity index (χ3v) is 1.24. The van der Waals surface area contributed by atoms with Crippen LogP contribution in [0.15, 0.2) is 24.1 Å². The Hall–Kier alpha value is -1.79. The van der Waals surface area contributed by atoms with Crippen molar-refractivity contribution >= 4 is 11.9 Å². The van der Waals surface area contributed by atoms with Crippen LogP contribution in [0.1, 0.15) is 13.8 Å². The summed E-state index contributed by atoms with van der Waals surface area (Å²) in [5.41, 5.74) is 0.0237. The zero-order valence-electron chi connectivity index (χ0n) is 8.55. The zero-order chi connectivity index (χ0) is 12.9. The standard InChI is InChI=1S/C9H9F3O4/c1-4(2)8(13)15-5(3)16-9(14)6(10)7(11)12/h5H,1H2,2-3H3. The van der Waals surface area contributed by atoms with Gasteiger partial charge < -0.3 is 9.47 Å². The number of carbonyl (C=O) groups is 2. The molecular formula is C9H9F3O4. The lowest BCUT2D eigenvalue weighted by Gasteiger charge is -2.12. The molecule has 4 nitrogen and oxygen atoms in total. The first-order valence-electron chi connectivity index (χ1n) is 4.04. The third-order valence-electron chi connectivity index (χ3n) is 1.24. The molecule has 0 bridgehead atoms. The number of ether oxygens (including phenoxy) is 2. The maximum absolute atomic E-state index is 12.3. The molecule has 0 heterocycles. The minimum Gasteiger partial charge on any atom is -0.422 e. The van der Waals surface area contributed by atoms with Gasteiger partial charge in [0.1, 0.15) is 0 Å². The van der Waals surface area contributed by atoms with Gasteiger partial charge in [0, 0.05) is 12.5 Å². The van der Waals surface area contributed by atoms with Crippen LogP contribution in [-0.2, 0) is 19.1 Å². The van der Waals surface area contributed by atoms with Gasteiger partial charge in [0.05, 0.1) is 0 Å². The van der Waals surface area contributed by atoms with Crippen LogP contribution in [0.4, 0.5) is 13.2 Å². The van der Waals surface area contributed by atoms with Gasteiger partial charge >= 0.3 is 18.0 Å². The third kappa shape index (κ3) is 4.63. The van der Waals surface area contributed by atoms with E-state index in [0.29, 0.717) is 0 Å². The molecule has 0 aliphatic rings. The van der Waals surface area contributed by atoms with E-state index in [4.69, 9.17) is 0 Å². The fourth-order valence-corrected chi connectivity index (χ4v) is 0.555. The summed E-state index contributed by atoms with van der Waals surface area (Å²) >= 11 is 0. The van der Waals surface area contributed by atoms with E-state index < -0.39 is 30.1 Å². The number of hydrogen-bond donors (Lipinski definition) is 0. The summed E-state index contributed by atoms with van der Waals surface area (Å²) in [4.78, 5) is 21.5. The molecule has 0 aliphatic heterocycles. The van der Waals surface area contributed by atoms with Crippen molar-refractivity contribution in [1.82, 2.24) is 0 Å². The van der Waals surface area contributed by atoms with E-state index >= 15 is 0 Å². The van der Waals surface area contributed by atoms with Crippen molar-refractivity contribution < 1.29 is 32.2 Å². The van der Waals surface area contributed by atoms with Crippen molar-refractivity contribution in [2.24, 2.45) is 0 Å². The van der Waals surface area contributed by atoms with E-state index in [1.807, 2.05) is 0 Å². The van der Waals surface area contributed by atoms with Crippen LogP contribution in [0.25, 0.3) is 0 Å². The molecule has 1 unspecified atom stereocenters. The van der Waals surface area contributed by atoms with Gasteiger partial charge in [0.25, 0.3) is 5.83 Å². The van der Waals surface area contributed by atoms with Gasteiger partial charge in [-0.25, -0.2) is 9.59 Å². The molecule has 0 aromatic rings. The quantitative estimate of drug-likeness (QED) is 0.427. The zero-order valence-corrected chi connectivity index (χ0v) is 8.55. The Morgan fingerprint density at radius 3 is 1.94 bits per heavy atom. The van der Waals surface area contributed by atoms with E-state index in [2.05, 4.69) is 16.1 Å². The molecule has 0 rings (SSSR count). The van der Waals surface area contributed by atoms with Crippen LogP contribution in [-0.4, -0.2) is 18.2 Å². The SMILES string of the molecule is C=C(C)C(=O)OC(C)OC(=O)C(F)=C(F)F. The van der Waals surface area contributed by atoms with Gasteiger partial charge in [0.2, 0.25) is 6.29 Å². The molecule has 7 heteroatoms. The maximum atomic E-state index is 12.3. The second-order valence-corrected chi connectivity index (χ2v) is 2.73. The van der Waals surface area contributed by atoms with Crippen molar-refractivity contribution in [2.45, 2.75) is 20.1 Å². The summed E-state index contributed by atoms with van der Waals surface area (Å²) in [5.74, 6) is -5.11. The first kappa shape index (κ1) is 14.2. The molecule has 0 aromatic carbocycles. The molecule has 16 heavy (non-hydrogen) atoms. The molecule has 90 valence electrons. The van der Waals surface area contributed by atoms with Crippen molar-refractivity contribution in [1.29, 1.82) is 0 Å². The maximum Gasteiger partial charge on any atom is 0.375 e. The van der Waals surface area contributed by atoms with Crippen LogP contribution in [0.2, 0.25) is 0 Å². The highest BCUT2D eigenvalue weighted by Gasteiger charge is 2.21. The van der Waals surface area contributed by atoms with Crippen LogP contribution >= 0.6 is 0 Å². The molecule has 0 aliphatic carbocycles. The van der Waals surface area contributed by atoms with Crippen LogP contribution in [0, 0.1) is 0 Å². The fourth-order valence-electron chi connectivity index (χ4n) is 0.555. The van der Waals surface area contributed by atoms with Crippen molar-refractivity contribution in [2.75, 3.05) is 0 Å². The summed E-state index contributed by atoms with van der Waals surface area (Å²) in [6.45, 7) is 5.64. The Morgan fingerprint density at radius 1 is 1.12 bits per heavy atom. The normalized spacial score (nSPS) is 11.3. The summed E-state index contributed by atoms with van der Waals surface area (Å²) in [7, 11) is 0. The molecule has 0 fully saturated rings. The average molecular weight is 238 g/mol. The minimum absolute atomic E-state index is 0.0237. The molecule has 1 atom stereocenters. The Kier molecular flexibility index (Phi) is 5.27. The number of carbonyl (C=O) groups excluding carboxylic acids is 2. The molecule has 0 radical (unpaired) electrons. The predicted octanol–water partition coefficient (Wildman–Crippen LogP) is 2.07. The summed E-state index contributed by atoms with van der Waals surface area (Å²) in [6.07, 6.45) is -4.29. The lowest BCUT2D eigenvalue weighted by atomic mass is 10.4. The highest BCUT2D eigenvalue weighted by Crippen LogP contribution is 2.12. The monoisotopic (exact) mass is 238 g/mol. The van der Waals surface area contributed by atoms with Gasteiger partial charge in [-0.05, 0) is 6.92 Å². The van der Waals surface area contributed by atoms with E-state index in [-0.39, 0.29) is 5.57 Å². The highest BCUT2D eigenvalue weighted by atomic mass is 19.3. The predicted molar refractivity (Wildman–Crippen MR) is 46.8 cm³/mol. The van der Waals surface area contributed by atoms with Gasteiger partial charge in [0.15, 0.2) is 0 Å². The van der Waals surface area contributed by atoms with Gasteiger partial charge in [-0.2, -0.15) is 13.2 Å². The number of hydrogen-bond acceptors (Lipinski definition) is 4. The fraction of sp³-hybridized carbons (Fsp3) is 0.333. The second kappa shape index (κ2) is 5.94. The Balaban J connectivity index is 4.32. The molecule has 0 N–H and O–H groups in total. The molecule has 0 aromatic heterocycles. The van der Waals surface area contributed by atoms with E-state index in [0.717, 1.165) is 6.92 Å². The first-order chi connectivity index (χ1) is 7.25. The van der Waals surface area contributed by atoms with Crippen LogP contribution in [0.5, 0.6) is 0 Å².